The number of hydrogen-bond acceptors (Lipinski definition) is 5. The number of amidine groups is 1. The van der Waals surface area contributed by atoms with Crippen LogP contribution in [-0.4, -0.2) is 29.4 Å². The van der Waals surface area contributed by atoms with Crippen molar-refractivity contribution >= 4 is 16.9 Å². The van der Waals surface area contributed by atoms with Crippen molar-refractivity contribution in [3.05, 3.63) is 11.7 Å². The zero-order valence-electron chi connectivity index (χ0n) is 7.87. The molecule has 1 rings (SSSR count). The second-order valence-electron chi connectivity index (χ2n) is 2.30. The van der Waals surface area contributed by atoms with Crippen LogP contribution in [0.4, 0.5) is 0 Å². The molecule has 13 heavy (non-hydrogen) atoms. The molecule has 0 bridgehead atoms. The number of nitrogens with one attached hydrogen (secondary N) is 1. The maximum absolute atomic E-state index is 4.83. The molecule has 0 aromatic carbocycles. The van der Waals surface area contributed by atoms with Crippen LogP contribution < -0.4 is 5.32 Å². The van der Waals surface area contributed by atoms with Crippen LogP contribution in [0, 0.1) is 6.92 Å². The average Bonchev–Trinajstić information content (AvgIpc) is 2.53. The largest absolute Gasteiger partial charge is 0.368 e. The van der Waals surface area contributed by atoms with Crippen LogP contribution in [0.15, 0.2) is 9.52 Å². The Balaban J connectivity index is 2.43. The van der Waals surface area contributed by atoms with Crippen molar-refractivity contribution in [3.8, 4) is 0 Å². The molecule has 0 radical (unpaired) electrons. The van der Waals surface area contributed by atoms with E-state index in [0.717, 1.165) is 5.17 Å². The van der Waals surface area contributed by atoms with Gasteiger partial charge in [0.1, 0.15) is 0 Å². The van der Waals surface area contributed by atoms with Gasteiger partial charge >= 0.3 is 0 Å². The third-order valence-electron chi connectivity index (χ3n) is 1.32. The Morgan fingerprint density at radius 1 is 1.69 bits per heavy atom. The first kappa shape index (κ1) is 10.0. The van der Waals surface area contributed by atoms with Crippen molar-refractivity contribution in [2.24, 2.45) is 4.99 Å². The van der Waals surface area contributed by atoms with Gasteiger partial charge < -0.3 is 9.84 Å². The molecule has 0 saturated carbocycles. The Hall–Kier alpha value is -1.04. The molecule has 0 aliphatic carbocycles. The molecule has 1 aromatic heterocycles. The maximum atomic E-state index is 4.83. The Morgan fingerprint density at radius 3 is 2.92 bits per heavy atom. The first-order valence-corrected chi connectivity index (χ1v) is 4.81. The Bertz CT molecular complexity index is 296. The third kappa shape index (κ3) is 3.06. The molecule has 1 N–H and O–H groups in total. The monoisotopic (exact) mass is 200 g/mol. The highest BCUT2D eigenvalue weighted by Gasteiger charge is 2.03. The highest BCUT2D eigenvalue weighted by atomic mass is 32.2. The first-order valence-electron chi connectivity index (χ1n) is 3.82. The second-order valence-corrected chi connectivity index (χ2v) is 3.26. The van der Waals surface area contributed by atoms with Crippen molar-refractivity contribution in [1.29, 1.82) is 0 Å². The summed E-state index contributed by atoms with van der Waals surface area (Å²) in [6.07, 6.45) is 0. The molecule has 6 heteroatoms. The summed E-state index contributed by atoms with van der Waals surface area (Å²) in [5.41, 5.74) is 0. The molecule has 0 aliphatic rings. The van der Waals surface area contributed by atoms with Gasteiger partial charge in [-0.1, -0.05) is 16.9 Å². The summed E-state index contributed by atoms with van der Waals surface area (Å²) in [5, 5.41) is 7.59. The van der Waals surface area contributed by atoms with Gasteiger partial charge in [-0.3, -0.25) is 4.99 Å². The summed E-state index contributed by atoms with van der Waals surface area (Å²) >= 11 is 1.54. The van der Waals surface area contributed by atoms with Crippen LogP contribution in [-0.2, 0) is 5.75 Å². The summed E-state index contributed by atoms with van der Waals surface area (Å²) in [5.74, 6) is 1.96. The minimum atomic E-state index is 0.593. The van der Waals surface area contributed by atoms with E-state index in [2.05, 4.69) is 20.4 Å². The molecule has 0 saturated heterocycles. The Labute approximate surface area is 81.0 Å². The molecule has 5 nitrogen and oxygen atoms in total. The zero-order chi connectivity index (χ0) is 9.68. The van der Waals surface area contributed by atoms with E-state index in [-0.39, 0.29) is 0 Å². The van der Waals surface area contributed by atoms with E-state index >= 15 is 0 Å². The predicted molar refractivity (Wildman–Crippen MR) is 52.7 cm³/mol. The Kier molecular flexibility index (Phi) is 3.75. The highest BCUT2D eigenvalue weighted by Crippen LogP contribution is 2.09. The summed E-state index contributed by atoms with van der Waals surface area (Å²) in [4.78, 5) is 8.08. The van der Waals surface area contributed by atoms with Crippen molar-refractivity contribution in [1.82, 2.24) is 15.5 Å². The number of nitrogens with zero attached hydrogens (tertiary/aromatic N) is 3. The lowest BCUT2D eigenvalue weighted by Crippen LogP contribution is -2.14. The standard InChI is InChI=1S/C7H12N4OS/c1-5-10-6(11-12-5)4-13-7(8-2)9-3/h4H2,1-3H3,(H,8,9). The summed E-state index contributed by atoms with van der Waals surface area (Å²) in [6, 6.07) is 0. The maximum Gasteiger partial charge on any atom is 0.223 e. The fourth-order valence-corrected chi connectivity index (χ4v) is 1.44. The molecule has 1 heterocycles. The molecule has 0 spiro atoms. The van der Waals surface area contributed by atoms with Crippen molar-refractivity contribution < 1.29 is 4.52 Å². The van der Waals surface area contributed by atoms with Gasteiger partial charge in [-0.05, 0) is 0 Å². The molecule has 0 amide bonds. The van der Waals surface area contributed by atoms with Gasteiger partial charge in [0, 0.05) is 21.0 Å². The van der Waals surface area contributed by atoms with Gasteiger partial charge in [0.25, 0.3) is 0 Å². The van der Waals surface area contributed by atoms with Gasteiger partial charge in [0.2, 0.25) is 5.89 Å². The Morgan fingerprint density at radius 2 is 2.46 bits per heavy atom. The number of thioether (sulfide) groups is 1. The van der Waals surface area contributed by atoms with Crippen molar-refractivity contribution in [2.45, 2.75) is 12.7 Å². The molecule has 0 aliphatic heterocycles. The van der Waals surface area contributed by atoms with E-state index in [1.807, 2.05) is 7.05 Å². The molecule has 0 atom stereocenters. The van der Waals surface area contributed by atoms with Crippen molar-refractivity contribution in [2.75, 3.05) is 14.1 Å². The van der Waals surface area contributed by atoms with E-state index in [0.29, 0.717) is 17.5 Å². The van der Waals surface area contributed by atoms with Crippen LogP contribution in [0.3, 0.4) is 0 Å². The van der Waals surface area contributed by atoms with Crippen molar-refractivity contribution in [3.63, 3.8) is 0 Å². The van der Waals surface area contributed by atoms with Crippen LogP contribution in [0.2, 0.25) is 0 Å². The van der Waals surface area contributed by atoms with Crippen LogP contribution >= 0.6 is 11.8 Å². The van der Waals surface area contributed by atoms with Gasteiger partial charge in [-0.2, -0.15) is 4.98 Å². The smallest absolute Gasteiger partial charge is 0.223 e. The van der Waals surface area contributed by atoms with E-state index in [1.54, 1.807) is 25.7 Å². The number of aryl methyl sites for hydroxylation is 1. The minimum Gasteiger partial charge on any atom is -0.368 e. The van der Waals surface area contributed by atoms with Crippen LogP contribution in [0.5, 0.6) is 0 Å². The number of aliphatic imine (C=N–C) groups is 1. The van der Waals surface area contributed by atoms with Gasteiger partial charge in [-0.25, -0.2) is 0 Å². The summed E-state index contributed by atoms with van der Waals surface area (Å²) < 4.78 is 4.83. The normalized spacial score (nSPS) is 11.8. The molecule has 1 aromatic rings. The fourth-order valence-electron chi connectivity index (χ4n) is 0.781. The zero-order valence-corrected chi connectivity index (χ0v) is 8.68. The summed E-state index contributed by atoms with van der Waals surface area (Å²) in [7, 11) is 3.57. The van der Waals surface area contributed by atoms with Gasteiger partial charge in [0.05, 0.1) is 5.75 Å². The first-order chi connectivity index (χ1) is 6.26. The van der Waals surface area contributed by atoms with Crippen LogP contribution in [0.25, 0.3) is 0 Å². The molecular formula is C7H12N4OS. The lowest BCUT2D eigenvalue weighted by Gasteiger charge is -2.00. The quantitative estimate of drug-likeness (QED) is 0.565. The topological polar surface area (TPSA) is 63.3 Å². The van der Waals surface area contributed by atoms with Gasteiger partial charge in [0.15, 0.2) is 11.0 Å². The second kappa shape index (κ2) is 4.86. The SMILES string of the molecule is CN=C(NC)SCc1noc(C)n1. The van der Waals surface area contributed by atoms with E-state index in [1.165, 1.54) is 0 Å². The molecule has 0 unspecified atom stereocenters. The minimum absolute atomic E-state index is 0.593. The highest BCUT2D eigenvalue weighted by molar-refractivity contribution is 8.13. The predicted octanol–water partition coefficient (Wildman–Crippen LogP) is 0.816. The third-order valence-corrected chi connectivity index (χ3v) is 2.39. The summed E-state index contributed by atoms with van der Waals surface area (Å²) in [6.45, 7) is 1.77. The molecule has 0 fully saturated rings. The van der Waals surface area contributed by atoms with E-state index < -0.39 is 0 Å². The van der Waals surface area contributed by atoms with E-state index in [4.69, 9.17) is 4.52 Å². The number of hydrogen-bond donors (Lipinski definition) is 1. The van der Waals surface area contributed by atoms with Gasteiger partial charge in [-0.15, -0.1) is 0 Å². The lowest BCUT2D eigenvalue weighted by atomic mass is 10.7. The number of rotatable bonds is 2. The fraction of sp³-hybridized carbons (Fsp3) is 0.571. The van der Waals surface area contributed by atoms with Crippen LogP contribution in [0.1, 0.15) is 11.7 Å². The van der Waals surface area contributed by atoms with E-state index in [9.17, 15) is 0 Å². The number of aromatic nitrogens is 2. The average molecular weight is 200 g/mol. The molecular weight excluding hydrogens is 188 g/mol. The lowest BCUT2D eigenvalue weighted by molar-refractivity contribution is 0.389. The molecule has 72 valence electrons.